The lowest BCUT2D eigenvalue weighted by Gasteiger charge is -2.38. The molecule has 1 aromatic rings. The summed E-state index contributed by atoms with van der Waals surface area (Å²) < 4.78 is 13.2. The molecule has 1 saturated heterocycles. The van der Waals surface area contributed by atoms with Gasteiger partial charge in [0.2, 0.25) is 0 Å². The van der Waals surface area contributed by atoms with Gasteiger partial charge in [0, 0.05) is 18.9 Å². The summed E-state index contributed by atoms with van der Waals surface area (Å²) in [6.45, 7) is 3.39. The fourth-order valence-corrected chi connectivity index (χ4v) is 4.55. The molecule has 0 aromatic heterocycles. The summed E-state index contributed by atoms with van der Waals surface area (Å²) in [6.07, 6.45) is 11.5. The molecule has 1 N–H and O–H groups in total. The molecule has 2 atom stereocenters. The van der Waals surface area contributed by atoms with Crippen molar-refractivity contribution < 1.29 is 9.50 Å². The topological polar surface area (TPSA) is 23.5 Å². The lowest BCUT2D eigenvalue weighted by atomic mass is 9.78. The Labute approximate surface area is 146 Å². The summed E-state index contributed by atoms with van der Waals surface area (Å²) in [5, 5.41) is 11.5. The van der Waals surface area contributed by atoms with Crippen LogP contribution in [0.1, 0.15) is 63.4 Å². The first-order chi connectivity index (χ1) is 11.7. The molecule has 1 aromatic carbocycles. The number of hydrogen-bond acceptors (Lipinski definition) is 2. The van der Waals surface area contributed by atoms with Gasteiger partial charge < -0.3 is 10.0 Å². The Morgan fingerprint density at radius 3 is 2.33 bits per heavy atom. The third-order valence-electron chi connectivity index (χ3n) is 6.02. The van der Waals surface area contributed by atoms with Crippen molar-refractivity contribution in [2.75, 3.05) is 19.6 Å². The number of likely N-dealkylation sites (tertiary alicyclic amines) is 1. The van der Waals surface area contributed by atoms with Crippen molar-refractivity contribution in [3.05, 3.63) is 35.6 Å². The van der Waals surface area contributed by atoms with Crippen LogP contribution in [-0.4, -0.2) is 35.2 Å². The molecule has 1 aliphatic carbocycles. The zero-order chi connectivity index (χ0) is 16.8. The number of nitrogens with zero attached hydrogens (tertiary/aromatic N) is 1. The third-order valence-corrected chi connectivity index (χ3v) is 6.02. The van der Waals surface area contributed by atoms with E-state index >= 15 is 0 Å². The Balaban J connectivity index is 1.71. The standard InChI is InChI=1S/C21H32FNO/c22-20-11-9-18(10-12-20)16-21(24)13-5-3-4-8-19(21)17-23-14-6-1-2-7-15-23/h9-12,19,24H,1-8,13-17H2. The maximum atomic E-state index is 13.2. The molecule has 3 rings (SSSR count). The van der Waals surface area contributed by atoms with Crippen LogP contribution < -0.4 is 0 Å². The normalized spacial score (nSPS) is 29.8. The van der Waals surface area contributed by atoms with Gasteiger partial charge in [-0.05, 0) is 56.5 Å². The Kier molecular flexibility index (Phi) is 6.29. The summed E-state index contributed by atoms with van der Waals surface area (Å²) in [4.78, 5) is 2.58. The van der Waals surface area contributed by atoms with E-state index in [1.165, 1.54) is 63.7 Å². The highest BCUT2D eigenvalue weighted by Gasteiger charge is 2.38. The monoisotopic (exact) mass is 333 g/mol. The molecule has 3 heteroatoms. The molecule has 0 amide bonds. The Hall–Kier alpha value is -0.930. The number of hydrogen-bond donors (Lipinski definition) is 1. The molecule has 2 aliphatic rings. The zero-order valence-electron chi connectivity index (χ0n) is 14.9. The van der Waals surface area contributed by atoms with Crippen molar-refractivity contribution >= 4 is 0 Å². The molecule has 0 bridgehead atoms. The highest BCUT2D eigenvalue weighted by molar-refractivity contribution is 5.19. The summed E-state index contributed by atoms with van der Waals surface area (Å²) in [5.41, 5.74) is 0.419. The largest absolute Gasteiger partial charge is 0.389 e. The molecule has 1 aliphatic heterocycles. The van der Waals surface area contributed by atoms with E-state index in [2.05, 4.69) is 4.90 Å². The van der Waals surface area contributed by atoms with Crippen LogP contribution in [-0.2, 0) is 6.42 Å². The summed E-state index contributed by atoms with van der Waals surface area (Å²) >= 11 is 0. The molecule has 24 heavy (non-hydrogen) atoms. The lowest BCUT2D eigenvalue weighted by molar-refractivity contribution is -0.0367. The third kappa shape index (κ3) is 4.80. The lowest BCUT2D eigenvalue weighted by Crippen LogP contribution is -2.45. The number of rotatable bonds is 4. The van der Waals surface area contributed by atoms with E-state index in [-0.39, 0.29) is 5.82 Å². The highest BCUT2D eigenvalue weighted by atomic mass is 19.1. The molecule has 134 valence electrons. The second-order valence-electron chi connectivity index (χ2n) is 7.92. The maximum absolute atomic E-state index is 13.2. The van der Waals surface area contributed by atoms with E-state index in [1.54, 1.807) is 0 Å². The van der Waals surface area contributed by atoms with E-state index in [1.807, 2.05) is 12.1 Å². The first-order valence-electron chi connectivity index (χ1n) is 9.85. The van der Waals surface area contributed by atoms with Gasteiger partial charge in [-0.2, -0.15) is 0 Å². The fraction of sp³-hybridized carbons (Fsp3) is 0.714. The van der Waals surface area contributed by atoms with Crippen molar-refractivity contribution in [3.63, 3.8) is 0 Å². The van der Waals surface area contributed by atoms with Gasteiger partial charge in [0.05, 0.1) is 5.60 Å². The van der Waals surface area contributed by atoms with Gasteiger partial charge in [-0.25, -0.2) is 4.39 Å². The zero-order valence-corrected chi connectivity index (χ0v) is 14.9. The van der Waals surface area contributed by atoms with Gasteiger partial charge in [0.15, 0.2) is 0 Å². The molecule has 2 unspecified atom stereocenters. The second kappa shape index (κ2) is 8.44. The van der Waals surface area contributed by atoms with Gasteiger partial charge in [0.25, 0.3) is 0 Å². The summed E-state index contributed by atoms with van der Waals surface area (Å²) in [6, 6.07) is 6.70. The van der Waals surface area contributed by atoms with Crippen molar-refractivity contribution in [3.8, 4) is 0 Å². The van der Waals surface area contributed by atoms with Crippen LogP contribution >= 0.6 is 0 Å². The van der Waals surface area contributed by atoms with Gasteiger partial charge in [-0.3, -0.25) is 0 Å². The Morgan fingerprint density at radius 1 is 0.958 bits per heavy atom. The Bertz CT molecular complexity index is 495. The predicted octanol–water partition coefficient (Wildman–Crippen LogP) is 4.56. The van der Waals surface area contributed by atoms with E-state index in [0.29, 0.717) is 12.3 Å². The van der Waals surface area contributed by atoms with Crippen LogP contribution in [0.25, 0.3) is 0 Å². The average Bonchev–Trinajstić information content (AvgIpc) is 2.92. The minimum Gasteiger partial charge on any atom is -0.389 e. The molecule has 0 radical (unpaired) electrons. The first kappa shape index (κ1) is 17.9. The fourth-order valence-electron chi connectivity index (χ4n) is 4.55. The molecular weight excluding hydrogens is 301 g/mol. The van der Waals surface area contributed by atoms with Crippen LogP contribution in [0.4, 0.5) is 4.39 Å². The summed E-state index contributed by atoms with van der Waals surface area (Å²) in [7, 11) is 0. The molecule has 2 fully saturated rings. The predicted molar refractivity (Wildman–Crippen MR) is 96.5 cm³/mol. The van der Waals surface area contributed by atoms with Crippen LogP contribution in [0.2, 0.25) is 0 Å². The molecule has 2 nitrogen and oxygen atoms in total. The number of benzene rings is 1. The van der Waals surface area contributed by atoms with Crippen molar-refractivity contribution in [2.45, 2.75) is 69.8 Å². The quantitative estimate of drug-likeness (QED) is 0.817. The van der Waals surface area contributed by atoms with Crippen molar-refractivity contribution in [1.29, 1.82) is 0 Å². The van der Waals surface area contributed by atoms with Gasteiger partial charge in [-0.15, -0.1) is 0 Å². The van der Waals surface area contributed by atoms with E-state index in [4.69, 9.17) is 0 Å². The molecule has 1 saturated carbocycles. The average molecular weight is 333 g/mol. The molecular formula is C21H32FNO. The van der Waals surface area contributed by atoms with Crippen LogP contribution in [0.15, 0.2) is 24.3 Å². The van der Waals surface area contributed by atoms with E-state index < -0.39 is 5.60 Å². The highest BCUT2D eigenvalue weighted by Crippen LogP contribution is 2.36. The smallest absolute Gasteiger partial charge is 0.123 e. The van der Waals surface area contributed by atoms with Gasteiger partial charge in [0.1, 0.15) is 5.82 Å². The van der Waals surface area contributed by atoms with Crippen LogP contribution in [0, 0.1) is 11.7 Å². The van der Waals surface area contributed by atoms with Crippen LogP contribution in [0.3, 0.4) is 0 Å². The van der Waals surface area contributed by atoms with Gasteiger partial charge >= 0.3 is 0 Å². The van der Waals surface area contributed by atoms with Crippen molar-refractivity contribution in [1.82, 2.24) is 4.90 Å². The number of halogens is 1. The minimum atomic E-state index is -0.638. The molecule has 1 heterocycles. The second-order valence-corrected chi connectivity index (χ2v) is 7.92. The Morgan fingerprint density at radius 2 is 1.62 bits per heavy atom. The van der Waals surface area contributed by atoms with Crippen molar-refractivity contribution in [2.24, 2.45) is 5.92 Å². The van der Waals surface area contributed by atoms with Crippen LogP contribution in [0.5, 0.6) is 0 Å². The van der Waals surface area contributed by atoms with E-state index in [9.17, 15) is 9.50 Å². The van der Waals surface area contributed by atoms with Gasteiger partial charge in [-0.1, -0.05) is 44.2 Å². The molecule has 0 spiro atoms. The maximum Gasteiger partial charge on any atom is 0.123 e. The number of aliphatic hydroxyl groups is 1. The van der Waals surface area contributed by atoms with E-state index in [0.717, 1.165) is 31.4 Å². The SMILES string of the molecule is OC1(Cc2ccc(F)cc2)CCCCCC1CN1CCCCCC1. The summed E-state index contributed by atoms with van der Waals surface area (Å²) in [5.74, 6) is 0.135. The first-order valence-corrected chi connectivity index (χ1v) is 9.85. The minimum absolute atomic E-state index is 0.201.